The molecule has 2 aliphatic rings. The third kappa shape index (κ3) is 3.62. The maximum Gasteiger partial charge on any atom is 0.231 e. The van der Waals surface area contributed by atoms with E-state index in [9.17, 15) is 0 Å². The lowest BCUT2D eigenvalue weighted by atomic mass is 10.0. The fourth-order valence-electron chi connectivity index (χ4n) is 3.06. The summed E-state index contributed by atoms with van der Waals surface area (Å²) in [5, 5.41) is 4.28. The number of piperidine rings is 1. The Morgan fingerprint density at radius 3 is 2.86 bits per heavy atom. The van der Waals surface area contributed by atoms with E-state index in [-0.39, 0.29) is 6.79 Å². The summed E-state index contributed by atoms with van der Waals surface area (Å²) in [6.45, 7) is 6.97. The van der Waals surface area contributed by atoms with Crippen molar-refractivity contribution in [3.05, 3.63) is 22.7 Å². The topological polar surface area (TPSA) is 33.7 Å². The normalized spacial score (nSPS) is 19.1. The van der Waals surface area contributed by atoms with E-state index in [1.54, 1.807) is 0 Å². The molecule has 1 aromatic rings. The Bertz CT molecular complexity index is 487. The standard InChI is InChI=1S/C16H23ClN2O2/c1-2-5-19-6-3-13(4-7-19)18-10-12-8-14(17)16-15(9-12)20-11-21-16/h8-9,13,18H,2-7,10-11H2,1H3. The van der Waals surface area contributed by atoms with Crippen molar-refractivity contribution >= 4 is 11.6 Å². The molecule has 5 heteroatoms. The van der Waals surface area contributed by atoms with Crippen molar-refractivity contribution in [3.63, 3.8) is 0 Å². The fraction of sp³-hybridized carbons (Fsp3) is 0.625. The maximum absolute atomic E-state index is 6.21. The summed E-state index contributed by atoms with van der Waals surface area (Å²) in [5.74, 6) is 1.44. The van der Waals surface area contributed by atoms with Crippen molar-refractivity contribution in [2.45, 2.75) is 38.8 Å². The van der Waals surface area contributed by atoms with Gasteiger partial charge in [-0.3, -0.25) is 0 Å². The van der Waals surface area contributed by atoms with Crippen LogP contribution in [0.15, 0.2) is 12.1 Å². The molecule has 3 rings (SSSR count). The Balaban J connectivity index is 1.51. The average molecular weight is 311 g/mol. The molecule has 0 amide bonds. The molecule has 0 spiro atoms. The van der Waals surface area contributed by atoms with Crippen LogP contribution in [-0.4, -0.2) is 37.4 Å². The zero-order chi connectivity index (χ0) is 14.7. The molecular formula is C16H23ClN2O2. The predicted molar refractivity (Wildman–Crippen MR) is 84.2 cm³/mol. The molecule has 1 N–H and O–H groups in total. The van der Waals surface area contributed by atoms with Crippen molar-refractivity contribution in [1.29, 1.82) is 0 Å². The molecule has 21 heavy (non-hydrogen) atoms. The summed E-state index contributed by atoms with van der Waals surface area (Å²) in [4.78, 5) is 2.55. The van der Waals surface area contributed by atoms with Crippen LogP contribution in [0.1, 0.15) is 31.7 Å². The van der Waals surface area contributed by atoms with Gasteiger partial charge in [-0.25, -0.2) is 0 Å². The van der Waals surface area contributed by atoms with Crippen LogP contribution in [0, 0.1) is 0 Å². The van der Waals surface area contributed by atoms with Crippen LogP contribution >= 0.6 is 11.6 Å². The second-order valence-corrected chi connectivity index (χ2v) is 6.22. The Morgan fingerprint density at radius 1 is 1.29 bits per heavy atom. The maximum atomic E-state index is 6.21. The number of halogens is 1. The smallest absolute Gasteiger partial charge is 0.231 e. The minimum atomic E-state index is 0.266. The van der Waals surface area contributed by atoms with Gasteiger partial charge in [-0.05, 0) is 56.6 Å². The SMILES string of the molecule is CCCN1CCC(NCc2cc(Cl)c3c(c2)OCO3)CC1. The molecular weight excluding hydrogens is 288 g/mol. The van der Waals surface area contributed by atoms with Gasteiger partial charge in [-0.1, -0.05) is 18.5 Å². The number of nitrogens with zero attached hydrogens (tertiary/aromatic N) is 1. The van der Waals surface area contributed by atoms with E-state index in [1.165, 1.54) is 38.9 Å². The van der Waals surface area contributed by atoms with Crippen LogP contribution in [0.5, 0.6) is 11.5 Å². The van der Waals surface area contributed by atoms with Gasteiger partial charge in [0.15, 0.2) is 11.5 Å². The largest absolute Gasteiger partial charge is 0.454 e. The van der Waals surface area contributed by atoms with Crippen LogP contribution in [0.2, 0.25) is 5.02 Å². The molecule has 1 aromatic carbocycles. The second kappa shape index (κ2) is 6.86. The van der Waals surface area contributed by atoms with Gasteiger partial charge < -0.3 is 19.7 Å². The number of benzene rings is 1. The third-order valence-electron chi connectivity index (χ3n) is 4.21. The van der Waals surface area contributed by atoms with Gasteiger partial charge in [0.05, 0.1) is 5.02 Å². The van der Waals surface area contributed by atoms with Crippen molar-refractivity contribution in [2.75, 3.05) is 26.4 Å². The molecule has 0 saturated carbocycles. The van der Waals surface area contributed by atoms with E-state index in [0.29, 0.717) is 16.8 Å². The molecule has 0 bridgehead atoms. The van der Waals surface area contributed by atoms with E-state index in [4.69, 9.17) is 21.1 Å². The van der Waals surface area contributed by atoms with Gasteiger partial charge in [0.1, 0.15) is 0 Å². The number of fused-ring (bicyclic) bond motifs is 1. The number of rotatable bonds is 5. The van der Waals surface area contributed by atoms with Crippen molar-refractivity contribution in [3.8, 4) is 11.5 Å². The minimum Gasteiger partial charge on any atom is -0.454 e. The highest BCUT2D eigenvalue weighted by Crippen LogP contribution is 2.39. The predicted octanol–water partition coefficient (Wildman–Crippen LogP) is 3.03. The molecule has 0 atom stereocenters. The van der Waals surface area contributed by atoms with E-state index in [1.807, 2.05) is 12.1 Å². The summed E-state index contributed by atoms with van der Waals surface area (Å²) in [6, 6.07) is 4.59. The highest BCUT2D eigenvalue weighted by Gasteiger charge is 2.20. The Morgan fingerprint density at radius 2 is 2.10 bits per heavy atom. The molecule has 0 unspecified atom stereocenters. The third-order valence-corrected chi connectivity index (χ3v) is 4.49. The zero-order valence-corrected chi connectivity index (χ0v) is 13.3. The van der Waals surface area contributed by atoms with E-state index < -0.39 is 0 Å². The summed E-state index contributed by atoms with van der Waals surface area (Å²) in [6.07, 6.45) is 3.68. The monoisotopic (exact) mass is 310 g/mol. The number of nitrogens with one attached hydrogen (secondary N) is 1. The van der Waals surface area contributed by atoms with E-state index in [0.717, 1.165) is 17.9 Å². The van der Waals surface area contributed by atoms with Crippen molar-refractivity contribution in [2.24, 2.45) is 0 Å². The Kier molecular flexibility index (Phi) is 4.88. The second-order valence-electron chi connectivity index (χ2n) is 5.81. The van der Waals surface area contributed by atoms with Gasteiger partial charge in [0.2, 0.25) is 6.79 Å². The van der Waals surface area contributed by atoms with Crippen LogP contribution in [0.4, 0.5) is 0 Å². The van der Waals surface area contributed by atoms with Crippen LogP contribution in [-0.2, 0) is 6.54 Å². The molecule has 4 nitrogen and oxygen atoms in total. The molecule has 2 aliphatic heterocycles. The van der Waals surface area contributed by atoms with Gasteiger partial charge in [-0.2, -0.15) is 0 Å². The number of ether oxygens (including phenoxy) is 2. The summed E-state index contributed by atoms with van der Waals surface area (Å²) in [5.41, 5.74) is 1.15. The molecule has 0 aliphatic carbocycles. The van der Waals surface area contributed by atoms with Crippen molar-refractivity contribution in [1.82, 2.24) is 10.2 Å². The van der Waals surface area contributed by atoms with Gasteiger partial charge in [0.25, 0.3) is 0 Å². The first-order chi connectivity index (χ1) is 10.3. The minimum absolute atomic E-state index is 0.266. The van der Waals surface area contributed by atoms with Crippen LogP contribution in [0.3, 0.4) is 0 Å². The van der Waals surface area contributed by atoms with Crippen LogP contribution < -0.4 is 14.8 Å². The first-order valence-corrected chi connectivity index (χ1v) is 8.18. The zero-order valence-electron chi connectivity index (χ0n) is 12.5. The summed E-state index contributed by atoms with van der Waals surface area (Å²) < 4.78 is 10.7. The van der Waals surface area contributed by atoms with E-state index >= 15 is 0 Å². The number of hydrogen-bond donors (Lipinski definition) is 1. The lowest BCUT2D eigenvalue weighted by Crippen LogP contribution is -2.42. The quantitative estimate of drug-likeness (QED) is 0.906. The lowest BCUT2D eigenvalue weighted by Gasteiger charge is -2.32. The summed E-state index contributed by atoms with van der Waals surface area (Å²) in [7, 11) is 0. The number of hydrogen-bond acceptors (Lipinski definition) is 4. The molecule has 0 radical (unpaired) electrons. The Hall–Kier alpha value is -0.970. The molecule has 1 saturated heterocycles. The lowest BCUT2D eigenvalue weighted by molar-refractivity contribution is 0.174. The van der Waals surface area contributed by atoms with Gasteiger partial charge >= 0.3 is 0 Å². The van der Waals surface area contributed by atoms with Gasteiger partial charge in [0, 0.05) is 12.6 Å². The molecule has 1 fully saturated rings. The Labute approximate surface area is 131 Å². The molecule has 2 heterocycles. The summed E-state index contributed by atoms with van der Waals surface area (Å²) >= 11 is 6.21. The number of likely N-dealkylation sites (tertiary alicyclic amines) is 1. The highest BCUT2D eigenvalue weighted by molar-refractivity contribution is 6.32. The fourth-order valence-corrected chi connectivity index (χ4v) is 3.35. The molecule has 0 aromatic heterocycles. The molecule has 116 valence electrons. The highest BCUT2D eigenvalue weighted by atomic mass is 35.5. The van der Waals surface area contributed by atoms with Gasteiger partial charge in [-0.15, -0.1) is 0 Å². The first kappa shape index (κ1) is 14.9. The van der Waals surface area contributed by atoms with E-state index in [2.05, 4.69) is 17.1 Å². The average Bonchev–Trinajstić information content (AvgIpc) is 2.96. The van der Waals surface area contributed by atoms with Crippen LogP contribution in [0.25, 0.3) is 0 Å². The van der Waals surface area contributed by atoms with Crippen molar-refractivity contribution < 1.29 is 9.47 Å². The first-order valence-electron chi connectivity index (χ1n) is 7.80.